The number of halogens is 1. The Morgan fingerprint density at radius 2 is 2.09 bits per heavy atom. The Morgan fingerprint density at radius 1 is 1.27 bits per heavy atom. The van der Waals surface area contributed by atoms with Crippen LogP contribution in [0.15, 0.2) is 36.5 Å². The molecule has 0 radical (unpaired) electrons. The molecule has 0 unspecified atom stereocenters. The lowest BCUT2D eigenvalue weighted by Gasteiger charge is -2.08. The Labute approximate surface area is 135 Å². The normalized spacial score (nSPS) is 10.3. The van der Waals surface area contributed by atoms with Gasteiger partial charge in [0.15, 0.2) is 0 Å². The molecule has 22 heavy (non-hydrogen) atoms. The van der Waals surface area contributed by atoms with Crippen molar-refractivity contribution in [2.75, 3.05) is 11.9 Å². The van der Waals surface area contributed by atoms with Crippen LogP contribution in [-0.4, -0.2) is 22.4 Å². The summed E-state index contributed by atoms with van der Waals surface area (Å²) < 4.78 is 0. The van der Waals surface area contributed by atoms with E-state index >= 15 is 0 Å². The molecule has 0 saturated heterocycles. The van der Waals surface area contributed by atoms with E-state index in [1.54, 1.807) is 12.3 Å². The molecule has 0 aliphatic rings. The number of carbonyl (C=O) groups excluding carboxylic acids is 1. The first-order valence-corrected chi connectivity index (χ1v) is 7.67. The number of nitrogens with zero attached hydrogens (tertiary/aromatic N) is 2. The van der Waals surface area contributed by atoms with Gasteiger partial charge in [0.25, 0.3) is 5.91 Å². The minimum absolute atomic E-state index is 0.184. The van der Waals surface area contributed by atoms with Gasteiger partial charge in [0.2, 0.25) is 5.95 Å². The van der Waals surface area contributed by atoms with Crippen molar-refractivity contribution in [3.05, 3.63) is 52.8 Å². The minimum atomic E-state index is -0.184. The van der Waals surface area contributed by atoms with Crippen LogP contribution in [0, 0.1) is 0 Å². The molecular weight excluding hydrogens is 300 g/mol. The molecule has 2 aromatic rings. The van der Waals surface area contributed by atoms with Crippen molar-refractivity contribution in [3.8, 4) is 0 Å². The van der Waals surface area contributed by atoms with Crippen molar-refractivity contribution < 1.29 is 4.79 Å². The van der Waals surface area contributed by atoms with Gasteiger partial charge in [0.1, 0.15) is 5.69 Å². The maximum atomic E-state index is 11.9. The first kappa shape index (κ1) is 16.2. The van der Waals surface area contributed by atoms with Gasteiger partial charge >= 0.3 is 0 Å². The van der Waals surface area contributed by atoms with Crippen LogP contribution < -0.4 is 10.6 Å². The van der Waals surface area contributed by atoms with Crippen molar-refractivity contribution in [1.82, 2.24) is 15.3 Å². The third kappa shape index (κ3) is 4.70. The summed E-state index contributed by atoms with van der Waals surface area (Å²) in [5.74, 6) is 0.222. The fourth-order valence-corrected chi connectivity index (χ4v) is 2.06. The summed E-state index contributed by atoms with van der Waals surface area (Å²) in [6.07, 6.45) is 3.56. The quantitative estimate of drug-likeness (QED) is 0.769. The van der Waals surface area contributed by atoms with E-state index in [0.29, 0.717) is 29.8 Å². The van der Waals surface area contributed by atoms with Crippen LogP contribution in [0.4, 0.5) is 5.95 Å². The molecule has 0 spiro atoms. The average molecular weight is 319 g/mol. The fraction of sp³-hybridized carbons (Fsp3) is 0.312. The van der Waals surface area contributed by atoms with E-state index in [4.69, 9.17) is 11.6 Å². The highest BCUT2D eigenvalue weighted by molar-refractivity contribution is 6.31. The lowest BCUT2D eigenvalue weighted by Crippen LogP contribution is -2.25. The van der Waals surface area contributed by atoms with Gasteiger partial charge < -0.3 is 10.6 Å². The predicted octanol–water partition coefficient (Wildman–Crippen LogP) is 3.27. The van der Waals surface area contributed by atoms with Crippen LogP contribution in [-0.2, 0) is 6.54 Å². The number of unbranched alkanes of at least 4 members (excludes halogenated alkanes) is 1. The monoisotopic (exact) mass is 318 g/mol. The van der Waals surface area contributed by atoms with Gasteiger partial charge in [-0.25, -0.2) is 9.97 Å². The molecule has 2 rings (SSSR count). The second kappa shape index (κ2) is 8.34. The van der Waals surface area contributed by atoms with E-state index in [1.165, 1.54) is 0 Å². The number of carbonyl (C=O) groups is 1. The van der Waals surface area contributed by atoms with Crippen LogP contribution in [0.5, 0.6) is 0 Å². The number of hydrogen-bond donors (Lipinski definition) is 2. The van der Waals surface area contributed by atoms with Crippen molar-refractivity contribution >= 4 is 23.5 Å². The SMILES string of the molecule is CCCCNC(=O)c1ccnc(NCc2ccccc2Cl)n1. The molecule has 0 aliphatic carbocycles. The first-order chi connectivity index (χ1) is 10.7. The van der Waals surface area contributed by atoms with Crippen LogP contribution in [0.3, 0.4) is 0 Å². The van der Waals surface area contributed by atoms with E-state index in [-0.39, 0.29) is 5.91 Å². The maximum Gasteiger partial charge on any atom is 0.270 e. The first-order valence-electron chi connectivity index (χ1n) is 7.29. The summed E-state index contributed by atoms with van der Waals surface area (Å²) in [5, 5.41) is 6.59. The van der Waals surface area contributed by atoms with Crippen molar-refractivity contribution in [1.29, 1.82) is 0 Å². The topological polar surface area (TPSA) is 66.9 Å². The predicted molar refractivity (Wildman–Crippen MR) is 88.1 cm³/mol. The third-order valence-electron chi connectivity index (χ3n) is 3.10. The molecule has 2 N–H and O–H groups in total. The second-order valence-electron chi connectivity index (χ2n) is 4.82. The maximum absolute atomic E-state index is 11.9. The van der Waals surface area contributed by atoms with Gasteiger partial charge in [-0.1, -0.05) is 43.1 Å². The summed E-state index contributed by atoms with van der Waals surface area (Å²) in [6.45, 7) is 3.23. The van der Waals surface area contributed by atoms with Crippen LogP contribution in [0.25, 0.3) is 0 Å². The zero-order valence-corrected chi connectivity index (χ0v) is 13.2. The number of aromatic nitrogens is 2. The molecule has 0 saturated carbocycles. The number of amides is 1. The van der Waals surface area contributed by atoms with Gasteiger partial charge in [-0.15, -0.1) is 0 Å². The van der Waals surface area contributed by atoms with Crippen LogP contribution in [0.1, 0.15) is 35.8 Å². The second-order valence-corrected chi connectivity index (χ2v) is 5.23. The van der Waals surface area contributed by atoms with E-state index in [9.17, 15) is 4.79 Å². The number of anilines is 1. The number of nitrogens with one attached hydrogen (secondary N) is 2. The molecule has 5 nitrogen and oxygen atoms in total. The minimum Gasteiger partial charge on any atom is -0.351 e. The molecule has 0 fully saturated rings. The molecule has 1 amide bonds. The van der Waals surface area contributed by atoms with E-state index in [0.717, 1.165) is 18.4 Å². The Kier molecular flexibility index (Phi) is 6.15. The molecule has 6 heteroatoms. The van der Waals surface area contributed by atoms with Crippen molar-refractivity contribution in [3.63, 3.8) is 0 Å². The van der Waals surface area contributed by atoms with Crippen LogP contribution in [0.2, 0.25) is 5.02 Å². The largest absolute Gasteiger partial charge is 0.351 e. The number of rotatable bonds is 7. The lowest BCUT2D eigenvalue weighted by atomic mass is 10.2. The molecule has 116 valence electrons. The molecule has 0 aliphatic heterocycles. The molecule has 1 aromatic carbocycles. The highest BCUT2D eigenvalue weighted by atomic mass is 35.5. The van der Waals surface area contributed by atoms with Gasteiger partial charge in [-0.05, 0) is 24.1 Å². The van der Waals surface area contributed by atoms with E-state index < -0.39 is 0 Å². The molecule has 0 bridgehead atoms. The van der Waals surface area contributed by atoms with E-state index in [2.05, 4.69) is 27.5 Å². The Hall–Kier alpha value is -2.14. The molecule has 1 heterocycles. The molecular formula is C16H19ClN4O. The van der Waals surface area contributed by atoms with Crippen molar-refractivity contribution in [2.45, 2.75) is 26.3 Å². The third-order valence-corrected chi connectivity index (χ3v) is 3.47. The van der Waals surface area contributed by atoms with Gasteiger partial charge in [-0.3, -0.25) is 4.79 Å². The highest BCUT2D eigenvalue weighted by Crippen LogP contribution is 2.15. The Bertz CT molecular complexity index is 633. The lowest BCUT2D eigenvalue weighted by molar-refractivity contribution is 0.0948. The van der Waals surface area contributed by atoms with E-state index in [1.807, 2.05) is 24.3 Å². The number of hydrogen-bond acceptors (Lipinski definition) is 4. The Balaban J connectivity index is 1.96. The summed E-state index contributed by atoms with van der Waals surface area (Å²) in [5.41, 5.74) is 1.30. The van der Waals surface area contributed by atoms with Gasteiger partial charge in [0.05, 0.1) is 0 Å². The highest BCUT2D eigenvalue weighted by Gasteiger charge is 2.08. The summed E-state index contributed by atoms with van der Waals surface area (Å²) in [7, 11) is 0. The zero-order chi connectivity index (χ0) is 15.8. The summed E-state index contributed by atoms with van der Waals surface area (Å²) >= 11 is 6.10. The summed E-state index contributed by atoms with van der Waals surface area (Å²) in [6, 6.07) is 9.15. The molecule has 0 atom stereocenters. The fourth-order valence-electron chi connectivity index (χ4n) is 1.86. The summed E-state index contributed by atoms with van der Waals surface area (Å²) in [4.78, 5) is 20.3. The van der Waals surface area contributed by atoms with Gasteiger partial charge in [0, 0.05) is 24.3 Å². The molecule has 1 aromatic heterocycles. The number of benzene rings is 1. The van der Waals surface area contributed by atoms with Gasteiger partial charge in [-0.2, -0.15) is 0 Å². The zero-order valence-electron chi connectivity index (χ0n) is 12.5. The smallest absolute Gasteiger partial charge is 0.270 e. The van der Waals surface area contributed by atoms with Crippen molar-refractivity contribution in [2.24, 2.45) is 0 Å². The standard InChI is InChI=1S/C16H19ClN4O/c1-2-3-9-18-15(22)14-8-10-19-16(21-14)20-11-12-6-4-5-7-13(12)17/h4-8,10H,2-3,9,11H2,1H3,(H,18,22)(H,19,20,21). The average Bonchev–Trinajstić information content (AvgIpc) is 2.54. The Morgan fingerprint density at radius 3 is 2.86 bits per heavy atom. The van der Waals surface area contributed by atoms with Crippen LogP contribution >= 0.6 is 11.6 Å².